The summed E-state index contributed by atoms with van der Waals surface area (Å²) in [6, 6.07) is 3.11. The fraction of sp³-hybridized carbons (Fsp3) is 0.417. The third-order valence-electron chi connectivity index (χ3n) is 3.28. The van der Waals surface area contributed by atoms with E-state index in [1.54, 1.807) is 0 Å². The SMILES string of the molecule is N#Cc1cncc(S(=O)(=O)N2CCC(C(=O)O)CC2)c1. The number of sulfonamides is 1. The van der Waals surface area contributed by atoms with E-state index in [1.165, 1.54) is 22.8 Å². The fourth-order valence-electron chi connectivity index (χ4n) is 2.11. The highest BCUT2D eigenvalue weighted by atomic mass is 32.2. The van der Waals surface area contributed by atoms with Gasteiger partial charge < -0.3 is 5.11 Å². The number of carboxylic acids is 1. The molecule has 1 N–H and O–H groups in total. The van der Waals surface area contributed by atoms with Crippen LogP contribution in [0.25, 0.3) is 0 Å². The molecule has 1 aliphatic heterocycles. The molecule has 0 atom stereocenters. The van der Waals surface area contributed by atoms with Crippen molar-refractivity contribution in [2.75, 3.05) is 13.1 Å². The molecule has 0 aromatic carbocycles. The number of aliphatic carboxylic acids is 1. The number of pyridine rings is 1. The van der Waals surface area contributed by atoms with Crippen molar-refractivity contribution in [1.82, 2.24) is 9.29 Å². The molecule has 1 aromatic rings. The van der Waals surface area contributed by atoms with Crippen molar-refractivity contribution in [1.29, 1.82) is 5.26 Å². The van der Waals surface area contributed by atoms with Gasteiger partial charge in [-0.1, -0.05) is 0 Å². The Balaban J connectivity index is 2.20. The normalized spacial score (nSPS) is 17.6. The third-order valence-corrected chi connectivity index (χ3v) is 5.15. The predicted molar refractivity (Wildman–Crippen MR) is 68.1 cm³/mol. The number of piperidine rings is 1. The number of hydrogen-bond donors (Lipinski definition) is 1. The van der Waals surface area contributed by atoms with Gasteiger partial charge >= 0.3 is 5.97 Å². The minimum atomic E-state index is -3.72. The van der Waals surface area contributed by atoms with Crippen molar-refractivity contribution < 1.29 is 18.3 Å². The van der Waals surface area contributed by atoms with Crippen LogP contribution in [0.4, 0.5) is 0 Å². The van der Waals surface area contributed by atoms with Crippen LogP contribution in [0.5, 0.6) is 0 Å². The summed E-state index contributed by atoms with van der Waals surface area (Å²) in [7, 11) is -3.72. The lowest BCUT2D eigenvalue weighted by Crippen LogP contribution is -2.40. The van der Waals surface area contributed by atoms with Crippen LogP contribution in [0.3, 0.4) is 0 Å². The molecule has 0 amide bonds. The van der Waals surface area contributed by atoms with E-state index < -0.39 is 21.9 Å². The van der Waals surface area contributed by atoms with E-state index in [1.807, 2.05) is 6.07 Å². The van der Waals surface area contributed by atoms with Crippen LogP contribution in [0, 0.1) is 17.2 Å². The van der Waals surface area contributed by atoms with Gasteiger partial charge in [0.15, 0.2) is 0 Å². The van der Waals surface area contributed by atoms with Crippen molar-refractivity contribution in [2.24, 2.45) is 5.92 Å². The average molecular weight is 295 g/mol. The van der Waals surface area contributed by atoms with Crippen LogP contribution < -0.4 is 0 Å². The molecular weight excluding hydrogens is 282 g/mol. The number of aromatic nitrogens is 1. The first-order chi connectivity index (χ1) is 9.45. The summed E-state index contributed by atoms with van der Waals surface area (Å²) in [5, 5.41) is 17.7. The van der Waals surface area contributed by atoms with Crippen LogP contribution in [0.2, 0.25) is 0 Å². The fourth-order valence-corrected chi connectivity index (χ4v) is 3.57. The van der Waals surface area contributed by atoms with Gasteiger partial charge in [-0.2, -0.15) is 9.57 Å². The van der Waals surface area contributed by atoms with Crippen molar-refractivity contribution >= 4 is 16.0 Å². The van der Waals surface area contributed by atoms with Gasteiger partial charge in [0.05, 0.1) is 11.5 Å². The molecule has 0 spiro atoms. The van der Waals surface area contributed by atoms with Crippen LogP contribution in [-0.4, -0.2) is 41.9 Å². The molecule has 0 saturated carbocycles. The zero-order valence-electron chi connectivity index (χ0n) is 10.6. The number of carboxylic acid groups (broad SMARTS) is 1. The molecule has 0 radical (unpaired) electrons. The lowest BCUT2D eigenvalue weighted by molar-refractivity contribution is -0.142. The average Bonchev–Trinajstić information content (AvgIpc) is 2.47. The van der Waals surface area contributed by atoms with Gasteiger partial charge in [0, 0.05) is 25.5 Å². The van der Waals surface area contributed by atoms with E-state index in [0.29, 0.717) is 12.8 Å². The molecule has 2 rings (SSSR count). The van der Waals surface area contributed by atoms with E-state index >= 15 is 0 Å². The van der Waals surface area contributed by atoms with Crippen LogP contribution in [0.1, 0.15) is 18.4 Å². The molecule has 1 aliphatic rings. The molecule has 20 heavy (non-hydrogen) atoms. The lowest BCUT2D eigenvalue weighted by atomic mass is 9.99. The van der Waals surface area contributed by atoms with Gasteiger partial charge in [-0.15, -0.1) is 0 Å². The minimum absolute atomic E-state index is 0.0367. The molecule has 2 heterocycles. The molecule has 106 valence electrons. The van der Waals surface area contributed by atoms with Crippen LogP contribution in [-0.2, 0) is 14.8 Å². The molecule has 0 aliphatic carbocycles. The minimum Gasteiger partial charge on any atom is -0.481 e. The van der Waals surface area contributed by atoms with Crippen molar-refractivity contribution in [3.05, 3.63) is 24.0 Å². The third kappa shape index (κ3) is 2.79. The zero-order valence-corrected chi connectivity index (χ0v) is 11.4. The molecule has 8 heteroatoms. The summed E-state index contributed by atoms with van der Waals surface area (Å²) in [4.78, 5) is 14.6. The number of hydrogen-bond acceptors (Lipinski definition) is 5. The highest BCUT2D eigenvalue weighted by molar-refractivity contribution is 7.89. The van der Waals surface area contributed by atoms with Crippen LogP contribution >= 0.6 is 0 Å². The Morgan fingerprint density at radius 2 is 2.05 bits per heavy atom. The first kappa shape index (κ1) is 14.4. The Kier molecular flexibility index (Phi) is 4.01. The Bertz CT molecular complexity index is 658. The van der Waals surface area contributed by atoms with E-state index in [2.05, 4.69) is 4.98 Å². The topological polar surface area (TPSA) is 111 Å². The summed E-state index contributed by atoms with van der Waals surface area (Å²) in [5.74, 6) is -1.39. The highest BCUT2D eigenvalue weighted by Gasteiger charge is 2.32. The predicted octanol–water partition coefficient (Wildman–Crippen LogP) is 0.439. The van der Waals surface area contributed by atoms with Crippen LogP contribution in [0.15, 0.2) is 23.4 Å². The van der Waals surface area contributed by atoms with Gasteiger partial charge in [-0.25, -0.2) is 8.42 Å². The van der Waals surface area contributed by atoms with Crippen molar-refractivity contribution in [2.45, 2.75) is 17.7 Å². The summed E-state index contributed by atoms with van der Waals surface area (Å²) in [6.07, 6.45) is 3.06. The molecule has 1 saturated heterocycles. The largest absolute Gasteiger partial charge is 0.481 e. The zero-order chi connectivity index (χ0) is 14.8. The maximum Gasteiger partial charge on any atom is 0.306 e. The second-order valence-electron chi connectivity index (χ2n) is 4.54. The molecule has 1 fully saturated rings. The van der Waals surface area contributed by atoms with E-state index in [9.17, 15) is 13.2 Å². The summed E-state index contributed by atoms with van der Waals surface area (Å²) < 4.78 is 26.0. The summed E-state index contributed by atoms with van der Waals surface area (Å²) in [5.41, 5.74) is 0.173. The number of nitriles is 1. The Morgan fingerprint density at radius 1 is 1.40 bits per heavy atom. The molecule has 1 aromatic heterocycles. The van der Waals surface area contributed by atoms with Crippen molar-refractivity contribution in [3.63, 3.8) is 0 Å². The Labute approximate surface area is 116 Å². The van der Waals surface area contributed by atoms with E-state index in [4.69, 9.17) is 10.4 Å². The lowest BCUT2D eigenvalue weighted by Gasteiger charge is -2.29. The number of rotatable bonds is 3. The van der Waals surface area contributed by atoms with Gasteiger partial charge in [0.1, 0.15) is 11.0 Å². The first-order valence-corrected chi connectivity index (χ1v) is 7.47. The highest BCUT2D eigenvalue weighted by Crippen LogP contribution is 2.23. The maximum absolute atomic E-state index is 12.4. The number of carbonyl (C=O) groups is 1. The maximum atomic E-state index is 12.4. The Hall–Kier alpha value is -1.98. The van der Waals surface area contributed by atoms with Gasteiger partial charge in [-0.3, -0.25) is 9.78 Å². The van der Waals surface area contributed by atoms with E-state index in [-0.39, 0.29) is 23.5 Å². The number of nitrogens with zero attached hydrogens (tertiary/aromatic N) is 3. The summed E-state index contributed by atoms with van der Waals surface area (Å²) in [6.45, 7) is 0.326. The second-order valence-corrected chi connectivity index (χ2v) is 6.48. The summed E-state index contributed by atoms with van der Waals surface area (Å²) >= 11 is 0. The first-order valence-electron chi connectivity index (χ1n) is 6.03. The van der Waals surface area contributed by atoms with E-state index in [0.717, 1.165) is 0 Å². The Morgan fingerprint density at radius 3 is 2.60 bits per heavy atom. The molecule has 7 nitrogen and oxygen atoms in total. The van der Waals surface area contributed by atoms with Gasteiger partial charge in [0.25, 0.3) is 0 Å². The standard InChI is InChI=1S/C12H13N3O4S/c13-6-9-5-11(8-14-7-9)20(18,19)15-3-1-10(2-4-15)12(16)17/h5,7-8,10H,1-4H2,(H,16,17). The van der Waals surface area contributed by atoms with Gasteiger partial charge in [-0.05, 0) is 18.9 Å². The monoisotopic (exact) mass is 295 g/mol. The molecule has 0 unspecified atom stereocenters. The van der Waals surface area contributed by atoms with Gasteiger partial charge in [0.2, 0.25) is 10.0 Å². The second kappa shape index (κ2) is 5.56. The molecule has 0 bridgehead atoms. The quantitative estimate of drug-likeness (QED) is 0.866. The molecular formula is C12H13N3O4S. The van der Waals surface area contributed by atoms with Crippen molar-refractivity contribution in [3.8, 4) is 6.07 Å². The smallest absolute Gasteiger partial charge is 0.306 e.